The summed E-state index contributed by atoms with van der Waals surface area (Å²) in [5.74, 6) is -0.0903. The highest BCUT2D eigenvalue weighted by molar-refractivity contribution is 4.96. The summed E-state index contributed by atoms with van der Waals surface area (Å²) in [5.41, 5.74) is -0.373. The molecule has 3 atom stereocenters. The fourth-order valence-electron chi connectivity index (χ4n) is 0.986. The first-order chi connectivity index (χ1) is 4.60. The van der Waals surface area contributed by atoms with E-state index in [0.717, 1.165) is 0 Å². The summed E-state index contributed by atoms with van der Waals surface area (Å²) >= 11 is 0. The summed E-state index contributed by atoms with van der Waals surface area (Å²) in [6, 6.07) is 0. The van der Waals surface area contributed by atoms with Gasteiger partial charge in [0.1, 0.15) is 5.60 Å². The zero-order chi connectivity index (χ0) is 7.78. The van der Waals surface area contributed by atoms with E-state index in [9.17, 15) is 5.11 Å². The quantitative estimate of drug-likeness (QED) is 0.540. The predicted octanol–water partition coefficient (Wildman–Crippen LogP) is -0.235. The van der Waals surface area contributed by atoms with Crippen molar-refractivity contribution in [2.24, 2.45) is 5.92 Å². The van der Waals surface area contributed by atoms with Gasteiger partial charge < -0.3 is 14.9 Å². The lowest BCUT2D eigenvalue weighted by Gasteiger charge is -2.19. The number of rotatable bonds is 3. The van der Waals surface area contributed by atoms with Gasteiger partial charge >= 0.3 is 0 Å². The molecule has 1 heterocycles. The summed E-state index contributed by atoms with van der Waals surface area (Å²) < 4.78 is 5.02. The third kappa shape index (κ3) is 1.31. The Morgan fingerprint density at radius 3 is 2.50 bits per heavy atom. The zero-order valence-corrected chi connectivity index (χ0v) is 6.37. The minimum absolute atomic E-state index is 0.0140. The van der Waals surface area contributed by atoms with Crippen molar-refractivity contribution < 1.29 is 14.9 Å². The molecular weight excluding hydrogens is 132 g/mol. The van der Waals surface area contributed by atoms with E-state index in [1.807, 2.05) is 6.92 Å². The lowest BCUT2D eigenvalue weighted by atomic mass is 9.95. The Labute approximate surface area is 60.6 Å². The fraction of sp³-hybridized carbons (Fsp3) is 1.00. The molecule has 0 bridgehead atoms. The van der Waals surface area contributed by atoms with Gasteiger partial charge in [-0.05, 0) is 6.92 Å². The Kier molecular flexibility index (Phi) is 1.99. The SMILES string of the molecule is CC(CO)C(O)C1(C)CO1. The monoisotopic (exact) mass is 146 g/mol. The second-order valence-electron chi connectivity index (χ2n) is 3.21. The van der Waals surface area contributed by atoms with Gasteiger partial charge in [0.25, 0.3) is 0 Å². The van der Waals surface area contributed by atoms with Crippen molar-refractivity contribution in [2.75, 3.05) is 13.2 Å². The molecule has 3 heteroatoms. The molecule has 0 spiro atoms. The molecule has 3 nitrogen and oxygen atoms in total. The lowest BCUT2D eigenvalue weighted by Crippen LogP contribution is -2.34. The molecule has 1 saturated heterocycles. The van der Waals surface area contributed by atoms with Crippen LogP contribution in [0, 0.1) is 5.92 Å². The van der Waals surface area contributed by atoms with Crippen molar-refractivity contribution in [1.29, 1.82) is 0 Å². The molecule has 0 aromatic heterocycles. The van der Waals surface area contributed by atoms with Crippen LogP contribution in [0.2, 0.25) is 0 Å². The molecule has 1 aliphatic heterocycles. The van der Waals surface area contributed by atoms with Crippen LogP contribution in [-0.4, -0.2) is 35.1 Å². The molecule has 2 N–H and O–H groups in total. The first-order valence-electron chi connectivity index (χ1n) is 3.53. The molecule has 0 radical (unpaired) electrons. The average Bonchev–Trinajstić information content (AvgIpc) is 2.66. The predicted molar refractivity (Wildman–Crippen MR) is 36.6 cm³/mol. The number of epoxide rings is 1. The van der Waals surface area contributed by atoms with Gasteiger partial charge in [0, 0.05) is 12.5 Å². The van der Waals surface area contributed by atoms with Crippen LogP contribution in [0.4, 0.5) is 0 Å². The van der Waals surface area contributed by atoms with Gasteiger partial charge in [-0.25, -0.2) is 0 Å². The molecule has 1 fully saturated rings. The summed E-state index contributed by atoms with van der Waals surface area (Å²) in [5, 5.41) is 18.1. The van der Waals surface area contributed by atoms with Crippen LogP contribution in [0.5, 0.6) is 0 Å². The van der Waals surface area contributed by atoms with Crippen LogP contribution in [0.25, 0.3) is 0 Å². The van der Waals surface area contributed by atoms with E-state index in [1.54, 1.807) is 6.92 Å². The number of aliphatic hydroxyl groups excluding tert-OH is 2. The highest BCUT2D eigenvalue weighted by Crippen LogP contribution is 2.33. The first-order valence-corrected chi connectivity index (χ1v) is 3.53. The van der Waals surface area contributed by atoms with Crippen LogP contribution >= 0.6 is 0 Å². The van der Waals surface area contributed by atoms with Crippen LogP contribution in [0.3, 0.4) is 0 Å². The van der Waals surface area contributed by atoms with Crippen molar-refractivity contribution in [3.63, 3.8) is 0 Å². The van der Waals surface area contributed by atoms with Gasteiger partial charge in [0.15, 0.2) is 0 Å². The fourth-order valence-corrected chi connectivity index (χ4v) is 0.986. The van der Waals surface area contributed by atoms with Crippen molar-refractivity contribution >= 4 is 0 Å². The highest BCUT2D eigenvalue weighted by Gasteiger charge is 2.48. The normalized spacial score (nSPS) is 37.2. The highest BCUT2D eigenvalue weighted by atomic mass is 16.6. The number of hydrogen-bond acceptors (Lipinski definition) is 3. The van der Waals surface area contributed by atoms with E-state index in [2.05, 4.69) is 0 Å². The zero-order valence-electron chi connectivity index (χ0n) is 6.37. The molecule has 1 aliphatic rings. The van der Waals surface area contributed by atoms with Crippen molar-refractivity contribution in [1.82, 2.24) is 0 Å². The molecule has 60 valence electrons. The average molecular weight is 146 g/mol. The van der Waals surface area contributed by atoms with E-state index in [0.29, 0.717) is 6.61 Å². The van der Waals surface area contributed by atoms with E-state index in [4.69, 9.17) is 9.84 Å². The summed E-state index contributed by atoms with van der Waals surface area (Å²) in [4.78, 5) is 0. The van der Waals surface area contributed by atoms with Crippen LogP contribution in [0.15, 0.2) is 0 Å². The maximum atomic E-state index is 9.43. The van der Waals surface area contributed by atoms with Gasteiger partial charge in [0.2, 0.25) is 0 Å². The van der Waals surface area contributed by atoms with Crippen molar-refractivity contribution in [3.8, 4) is 0 Å². The third-order valence-electron chi connectivity index (χ3n) is 2.05. The van der Waals surface area contributed by atoms with Crippen LogP contribution < -0.4 is 0 Å². The Bertz CT molecular complexity index is 120. The minimum Gasteiger partial charge on any atom is -0.396 e. The number of aliphatic hydroxyl groups is 2. The maximum absolute atomic E-state index is 9.43. The molecule has 0 aromatic carbocycles. The number of hydrogen-bond donors (Lipinski definition) is 2. The molecule has 0 aromatic rings. The summed E-state index contributed by atoms with van der Waals surface area (Å²) in [6.45, 7) is 4.28. The van der Waals surface area contributed by atoms with Gasteiger partial charge in [-0.3, -0.25) is 0 Å². The Morgan fingerprint density at radius 2 is 2.20 bits per heavy atom. The maximum Gasteiger partial charge on any atom is 0.115 e. The second-order valence-corrected chi connectivity index (χ2v) is 3.21. The largest absolute Gasteiger partial charge is 0.396 e. The summed E-state index contributed by atoms with van der Waals surface area (Å²) in [6.07, 6.45) is -0.530. The molecular formula is C7H14O3. The Morgan fingerprint density at radius 1 is 1.70 bits per heavy atom. The van der Waals surface area contributed by atoms with Crippen LogP contribution in [0.1, 0.15) is 13.8 Å². The van der Waals surface area contributed by atoms with Crippen molar-refractivity contribution in [2.45, 2.75) is 25.6 Å². The van der Waals surface area contributed by atoms with Crippen molar-refractivity contribution in [3.05, 3.63) is 0 Å². The summed E-state index contributed by atoms with van der Waals surface area (Å²) in [7, 11) is 0. The van der Waals surface area contributed by atoms with Crippen LogP contribution in [-0.2, 0) is 4.74 Å². The molecule has 0 amide bonds. The van der Waals surface area contributed by atoms with E-state index in [1.165, 1.54) is 0 Å². The molecule has 1 rings (SSSR count). The minimum atomic E-state index is -0.530. The Balaban J connectivity index is 2.40. The second kappa shape index (κ2) is 2.49. The van der Waals surface area contributed by atoms with Gasteiger partial charge in [-0.2, -0.15) is 0 Å². The standard InChI is InChI=1S/C7H14O3/c1-5(3-8)6(9)7(2)4-10-7/h5-6,8-9H,3-4H2,1-2H3. The Hall–Kier alpha value is -0.120. The number of ether oxygens (including phenoxy) is 1. The van der Waals surface area contributed by atoms with Gasteiger partial charge in [-0.15, -0.1) is 0 Å². The first kappa shape index (κ1) is 7.98. The van der Waals surface area contributed by atoms with E-state index < -0.39 is 6.10 Å². The van der Waals surface area contributed by atoms with Gasteiger partial charge in [-0.1, -0.05) is 6.92 Å². The van der Waals surface area contributed by atoms with E-state index in [-0.39, 0.29) is 18.1 Å². The molecule has 3 unspecified atom stereocenters. The topological polar surface area (TPSA) is 53.0 Å². The molecule has 0 aliphatic carbocycles. The lowest BCUT2D eigenvalue weighted by molar-refractivity contribution is 0.0185. The molecule has 0 saturated carbocycles. The van der Waals surface area contributed by atoms with E-state index >= 15 is 0 Å². The third-order valence-corrected chi connectivity index (χ3v) is 2.05. The van der Waals surface area contributed by atoms with Gasteiger partial charge in [0.05, 0.1) is 12.7 Å². The molecule has 10 heavy (non-hydrogen) atoms. The smallest absolute Gasteiger partial charge is 0.115 e.